The second-order valence-corrected chi connectivity index (χ2v) is 10.4. The molecule has 1 aliphatic carbocycles. The molecule has 2 aromatic heterocycles. The highest BCUT2D eigenvalue weighted by Gasteiger charge is 2.44. The summed E-state index contributed by atoms with van der Waals surface area (Å²) in [5, 5.41) is 3.15. The number of esters is 1. The fraction of sp³-hybridized carbons (Fsp3) is 0.464. The van der Waals surface area contributed by atoms with Crippen LogP contribution in [-0.2, 0) is 20.5 Å². The second kappa shape index (κ2) is 11.2. The number of hydrogen-bond acceptors (Lipinski definition) is 9. The number of amides is 2. The molecular weight excluding hydrogens is 559 g/mol. The molecule has 11 nitrogen and oxygen atoms in total. The zero-order valence-corrected chi connectivity index (χ0v) is 23.2. The Morgan fingerprint density at radius 2 is 1.93 bits per heavy atom. The summed E-state index contributed by atoms with van der Waals surface area (Å²) in [6.07, 6.45) is -2.91. The van der Waals surface area contributed by atoms with Crippen molar-refractivity contribution in [1.82, 2.24) is 20.2 Å². The van der Waals surface area contributed by atoms with Crippen LogP contribution in [0.25, 0.3) is 22.4 Å². The lowest BCUT2D eigenvalue weighted by molar-refractivity contribution is -0.147. The number of methoxy groups -OCH3 is 1. The van der Waals surface area contributed by atoms with Crippen LogP contribution in [0.4, 0.5) is 13.2 Å². The van der Waals surface area contributed by atoms with Gasteiger partial charge in [-0.1, -0.05) is 0 Å². The lowest BCUT2D eigenvalue weighted by atomic mass is 10.1. The van der Waals surface area contributed by atoms with Crippen molar-refractivity contribution in [3.05, 3.63) is 41.4 Å². The van der Waals surface area contributed by atoms with Gasteiger partial charge < -0.3 is 29.8 Å². The van der Waals surface area contributed by atoms with Gasteiger partial charge in [0.2, 0.25) is 11.8 Å². The average molecular weight is 590 g/mol. The first-order valence-corrected chi connectivity index (χ1v) is 13.5. The van der Waals surface area contributed by atoms with Crippen molar-refractivity contribution in [2.75, 3.05) is 20.3 Å². The van der Waals surface area contributed by atoms with Crippen LogP contribution in [0, 0.1) is 5.92 Å². The zero-order valence-electron chi connectivity index (χ0n) is 23.2. The highest BCUT2D eigenvalue weighted by atomic mass is 19.4. The maximum Gasteiger partial charge on any atom is 0.433 e. The summed E-state index contributed by atoms with van der Waals surface area (Å²) >= 11 is 0. The number of aromatic nitrogens is 2. The fourth-order valence-electron chi connectivity index (χ4n) is 5.04. The third-order valence-corrected chi connectivity index (χ3v) is 7.25. The van der Waals surface area contributed by atoms with Crippen LogP contribution in [0.15, 0.2) is 28.7 Å². The summed E-state index contributed by atoms with van der Waals surface area (Å²) in [4.78, 5) is 48.6. The van der Waals surface area contributed by atoms with Gasteiger partial charge >= 0.3 is 12.1 Å². The predicted molar refractivity (Wildman–Crippen MR) is 142 cm³/mol. The number of nitrogens with one attached hydrogen (secondary N) is 1. The topological polar surface area (TPSA) is 150 Å². The average Bonchev–Trinajstić information content (AvgIpc) is 3.57. The number of alkyl halides is 3. The van der Waals surface area contributed by atoms with Crippen LogP contribution in [-0.4, -0.2) is 65.0 Å². The Morgan fingerprint density at radius 3 is 2.55 bits per heavy atom. The number of fused-ring (bicyclic) bond motifs is 1. The van der Waals surface area contributed by atoms with Gasteiger partial charge in [0, 0.05) is 35.9 Å². The largest absolute Gasteiger partial charge is 0.494 e. The van der Waals surface area contributed by atoms with Gasteiger partial charge in [-0.3, -0.25) is 9.59 Å². The zero-order chi connectivity index (χ0) is 30.3. The molecule has 3 aromatic rings. The summed E-state index contributed by atoms with van der Waals surface area (Å²) < 4.78 is 56.5. The molecule has 2 amide bonds. The SMILES string of the molecule is CCOC(=O)[C@@H]1C[C@H](NC(=O)C2CC2)CN1C(=O)c1nc(-c2ccc(OC)c3nc(C(F)(F)F)ccc23)oc1[C@H](C)N. The number of pyridine rings is 1. The fourth-order valence-corrected chi connectivity index (χ4v) is 5.04. The van der Waals surface area contributed by atoms with Crippen LogP contribution >= 0.6 is 0 Å². The Labute approximate surface area is 238 Å². The molecule has 0 radical (unpaired) electrons. The molecule has 1 aromatic carbocycles. The van der Waals surface area contributed by atoms with Crippen LogP contribution in [0.3, 0.4) is 0 Å². The predicted octanol–water partition coefficient (Wildman–Crippen LogP) is 3.61. The highest BCUT2D eigenvalue weighted by Crippen LogP contribution is 2.38. The van der Waals surface area contributed by atoms with Crippen molar-refractivity contribution in [1.29, 1.82) is 0 Å². The Hall–Kier alpha value is -4.20. The van der Waals surface area contributed by atoms with Gasteiger partial charge in [-0.15, -0.1) is 0 Å². The Balaban J connectivity index is 1.53. The van der Waals surface area contributed by atoms with E-state index < -0.39 is 41.9 Å². The molecule has 0 spiro atoms. The summed E-state index contributed by atoms with van der Waals surface area (Å²) in [6.45, 7) is 3.37. The Morgan fingerprint density at radius 1 is 1.19 bits per heavy atom. The number of nitrogens with two attached hydrogens (primary N) is 1. The first-order valence-electron chi connectivity index (χ1n) is 13.5. The minimum Gasteiger partial charge on any atom is -0.494 e. The van der Waals surface area contributed by atoms with Crippen LogP contribution < -0.4 is 15.8 Å². The van der Waals surface area contributed by atoms with Crippen LogP contribution in [0.1, 0.15) is 61.1 Å². The standard InChI is InChI=1S/C28H30F3N5O6/c1-4-41-27(39)18-11-15(33-24(37)14-5-6-14)12-36(18)26(38)22-23(13(2)32)42-25(35-22)17-7-9-19(40-3)21-16(17)8-10-20(34-21)28(29,30)31/h7-10,13-15,18H,4-6,11-12,32H2,1-3H3,(H,33,37)/t13-,15-,18-/m0/s1. The molecule has 5 rings (SSSR count). The minimum atomic E-state index is -4.68. The number of carbonyl (C=O) groups excluding carboxylic acids is 3. The van der Waals surface area contributed by atoms with Gasteiger partial charge in [-0.25, -0.2) is 14.8 Å². The van der Waals surface area contributed by atoms with Crippen LogP contribution in [0.5, 0.6) is 5.75 Å². The number of ether oxygens (including phenoxy) is 2. The van der Waals surface area contributed by atoms with E-state index in [0.717, 1.165) is 18.9 Å². The Kier molecular flexibility index (Phi) is 7.84. The van der Waals surface area contributed by atoms with Crippen LogP contribution in [0.2, 0.25) is 0 Å². The lowest BCUT2D eigenvalue weighted by Crippen LogP contribution is -2.43. The molecule has 224 valence electrons. The normalized spacial score (nSPS) is 19.5. The summed E-state index contributed by atoms with van der Waals surface area (Å²) in [7, 11) is 1.31. The van der Waals surface area contributed by atoms with E-state index in [1.807, 2.05) is 0 Å². The molecule has 2 fully saturated rings. The number of halogens is 3. The maximum atomic E-state index is 13.9. The molecule has 1 saturated carbocycles. The van der Waals surface area contributed by atoms with Gasteiger partial charge in [0.1, 0.15) is 23.0 Å². The molecule has 0 bridgehead atoms. The van der Waals surface area contributed by atoms with Crippen molar-refractivity contribution < 1.29 is 41.4 Å². The quantitative estimate of drug-likeness (QED) is 0.376. The van der Waals surface area contributed by atoms with E-state index in [-0.39, 0.29) is 71.0 Å². The maximum absolute atomic E-state index is 13.9. The van der Waals surface area contributed by atoms with Gasteiger partial charge in [0.05, 0.1) is 19.8 Å². The molecule has 1 aliphatic heterocycles. The van der Waals surface area contributed by atoms with Crippen molar-refractivity contribution >= 4 is 28.7 Å². The first-order chi connectivity index (χ1) is 19.9. The molecule has 1 saturated heterocycles. The van der Waals surface area contributed by atoms with E-state index >= 15 is 0 Å². The molecule has 3 heterocycles. The Bertz CT molecular complexity index is 1530. The third-order valence-electron chi connectivity index (χ3n) is 7.25. The number of hydrogen-bond donors (Lipinski definition) is 2. The van der Waals surface area contributed by atoms with E-state index in [0.29, 0.717) is 0 Å². The van der Waals surface area contributed by atoms with Gasteiger partial charge in [-0.05, 0) is 51.0 Å². The summed E-state index contributed by atoms with van der Waals surface area (Å²) in [5.41, 5.74) is 5.05. The number of rotatable bonds is 8. The summed E-state index contributed by atoms with van der Waals surface area (Å²) in [6, 6.07) is 2.75. The van der Waals surface area contributed by atoms with Gasteiger partial charge in [0.25, 0.3) is 5.91 Å². The molecule has 14 heteroatoms. The molecule has 3 N–H and O–H groups in total. The van der Waals surface area contributed by atoms with Crippen molar-refractivity contribution in [2.24, 2.45) is 11.7 Å². The molecule has 2 aliphatic rings. The van der Waals surface area contributed by atoms with Crippen molar-refractivity contribution in [3.8, 4) is 17.2 Å². The molecule has 0 unspecified atom stereocenters. The van der Waals surface area contributed by atoms with E-state index in [9.17, 15) is 27.6 Å². The van der Waals surface area contributed by atoms with E-state index in [2.05, 4.69) is 15.3 Å². The molecule has 42 heavy (non-hydrogen) atoms. The number of oxazole rings is 1. The molecular formula is C28H30F3N5O6. The van der Waals surface area contributed by atoms with Gasteiger partial charge in [0.15, 0.2) is 11.5 Å². The monoisotopic (exact) mass is 589 g/mol. The summed E-state index contributed by atoms with van der Waals surface area (Å²) in [5.74, 6) is -1.41. The number of carbonyl (C=O) groups is 3. The van der Waals surface area contributed by atoms with E-state index in [1.165, 1.54) is 30.2 Å². The highest BCUT2D eigenvalue weighted by molar-refractivity contribution is 5.99. The first kappa shape index (κ1) is 29.3. The number of benzene rings is 1. The minimum absolute atomic E-state index is 0.0203. The molecule has 3 atom stereocenters. The lowest BCUT2D eigenvalue weighted by Gasteiger charge is -2.22. The van der Waals surface area contributed by atoms with Crippen molar-refractivity contribution in [3.63, 3.8) is 0 Å². The van der Waals surface area contributed by atoms with Gasteiger partial charge in [-0.2, -0.15) is 13.2 Å². The number of likely N-dealkylation sites (tertiary alicyclic amines) is 1. The van der Waals surface area contributed by atoms with E-state index in [4.69, 9.17) is 19.6 Å². The van der Waals surface area contributed by atoms with Crippen molar-refractivity contribution in [2.45, 2.75) is 57.4 Å². The van der Waals surface area contributed by atoms with E-state index in [1.54, 1.807) is 13.8 Å². The second-order valence-electron chi connectivity index (χ2n) is 10.4. The third kappa shape index (κ3) is 5.62. The number of nitrogens with zero attached hydrogens (tertiary/aromatic N) is 3. The smallest absolute Gasteiger partial charge is 0.433 e.